The van der Waals surface area contributed by atoms with Crippen molar-refractivity contribution in [3.05, 3.63) is 0 Å². The molecule has 2 fully saturated rings. The lowest BCUT2D eigenvalue weighted by molar-refractivity contribution is -0.131. The summed E-state index contributed by atoms with van der Waals surface area (Å²) in [6.45, 7) is 7.35. The number of nitrogens with one attached hydrogen (secondary N) is 1. The number of carbonyl (C=O) groups is 1. The lowest BCUT2D eigenvalue weighted by atomic mass is 10.1. The van der Waals surface area contributed by atoms with Crippen LogP contribution in [0.25, 0.3) is 0 Å². The largest absolute Gasteiger partial charge is 0.339 e. The molecule has 3 nitrogen and oxygen atoms in total. The molecule has 2 rings (SSSR count). The molecule has 0 bridgehead atoms. The molecule has 1 aliphatic heterocycles. The van der Waals surface area contributed by atoms with Gasteiger partial charge in [0.1, 0.15) is 0 Å². The van der Waals surface area contributed by atoms with Crippen LogP contribution in [0.2, 0.25) is 0 Å². The van der Waals surface area contributed by atoms with Gasteiger partial charge in [-0.15, -0.1) is 0 Å². The first kappa shape index (κ1) is 11.9. The van der Waals surface area contributed by atoms with Crippen molar-refractivity contribution in [2.75, 3.05) is 6.54 Å². The molecule has 0 aromatic carbocycles. The van der Waals surface area contributed by atoms with Gasteiger partial charge in [-0.05, 0) is 25.7 Å². The molecule has 2 unspecified atom stereocenters. The number of amides is 1. The van der Waals surface area contributed by atoms with Crippen LogP contribution < -0.4 is 5.32 Å². The minimum Gasteiger partial charge on any atom is -0.339 e. The van der Waals surface area contributed by atoms with E-state index in [0.717, 1.165) is 18.9 Å². The molecule has 0 aromatic rings. The Hall–Kier alpha value is -0.570. The van der Waals surface area contributed by atoms with Gasteiger partial charge in [-0.2, -0.15) is 0 Å². The maximum absolute atomic E-state index is 12.1. The molecule has 3 heteroatoms. The molecule has 1 aliphatic carbocycles. The summed E-state index contributed by atoms with van der Waals surface area (Å²) in [4.78, 5) is 14.2. The number of likely N-dealkylation sites (tertiary alicyclic amines) is 1. The smallest absolute Gasteiger partial charge is 0.240 e. The second-order valence-corrected chi connectivity index (χ2v) is 5.72. The van der Waals surface area contributed by atoms with Crippen molar-refractivity contribution in [2.45, 2.75) is 64.6 Å². The van der Waals surface area contributed by atoms with Gasteiger partial charge in [-0.1, -0.05) is 26.7 Å². The molecule has 1 heterocycles. The minimum absolute atomic E-state index is 0.0710. The maximum Gasteiger partial charge on any atom is 0.240 e. The minimum atomic E-state index is 0.0710. The highest BCUT2D eigenvalue weighted by atomic mass is 16.2. The van der Waals surface area contributed by atoms with Gasteiger partial charge >= 0.3 is 0 Å². The third kappa shape index (κ3) is 2.76. The standard InChI is InChI=1S/C13H24N2O/c1-9(2)14-12-6-7-15(13(12)16)10(3)8-11-4-5-11/h9-12,14H,4-8H2,1-3H3. The van der Waals surface area contributed by atoms with Gasteiger partial charge in [-0.25, -0.2) is 0 Å². The third-order valence-electron chi connectivity index (χ3n) is 3.68. The molecule has 1 amide bonds. The van der Waals surface area contributed by atoms with Gasteiger partial charge in [0.2, 0.25) is 5.91 Å². The average molecular weight is 224 g/mol. The average Bonchev–Trinajstić information content (AvgIpc) is 2.93. The summed E-state index contributed by atoms with van der Waals surface area (Å²) in [5.74, 6) is 1.22. The predicted molar refractivity (Wildman–Crippen MR) is 65.2 cm³/mol. The monoisotopic (exact) mass is 224 g/mol. The van der Waals surface area contributed by atoms with E-state index < -0.39 is 0 Å². The molecule has 1 saturated heterocycles. The zero-order valence-electron chi connectivity index (χ0n) is 10.7. The molecule has 0 aromatic heterocycles. The van der Waals surface area contributed by atoms with Crippen LogP contribution in [0.15, 0.2) is 0 Å². The van der Waals surface area contributed by atoms with E-state index in [1.807, 2.05) is 0 Å². The topological polar surface area (TPSA) is 32.3 Å². The normalized spacial score (nSPS) is 27.9. The van der Waals surface area contributed by atoms with Gasteiger partial charge in [0.25, 0.3) is 0 Å². The molecule has 16 heavy (non-hydrogen) atoms. The zero-order chi connectivity index (χ0) is 11.7. The highest BCUT2D eigenvalue weighted by Gasteiger charge is 2.36. The Labute approximate surface area is 98.6 Å². The Morgan fingerprint density at radius 2 is 2.00 bits per heavy atom. The molecule has 92 valence electrons. The summed E-state index contributed by atoms with van der Waals surface area (Å²) < 4.78 is 0. The van der Waals surface area contributed by atoms with Crippen molar-refractivity contribution in [3.63, 3.8) is 0 Å². The summed E-state index contributed by atoms with van der Waals surface area (Å²) in [5, 5.41) is 3.35. The van der Waals surface area contributed by atoms with Gasteiger partial charge in [-0.3, -0.25) is 4.79 Å². The summed E-state index contributed by atoms with van der Waals surface area (Å²) in [6.07, 6.45) is 4.94. The van der Waals surface area contributed by atoms with Gasteiger partial charge in [0, 0.05) is 18.6 Å². The number of hydrogen-bond donors (Lipinski definition) is 1. The Balaban J connectivity index is 1.84. The van der Waals surface area contributed by atoms with Gasteiger partial charge < -0.3 is 10.2 Å². The first-order chi connectivity index (χ1) is 7.58. The Morgan fingerprint density at radius 1 is 1.31 bits per heavy atom. The molecule has 0 spiro atoms. The second-order valence-electron chi connectivity index (χ2n) is 5.72. The first-order valence-corrected chi connectivity index (χ1v) is 6.64. The van der Waals surface area contributed by atoms with E-state index >= 15 is 0 Å². The van der Waals surface area contributed by atoms with E-state index in [1.165, 1.54) is 19.3 Å². The number of nitrogens with zero attached hydrogens (tertiary/aromatic N) is 1. The van der Waals surface area contributed by atoms with Crippen molar-refractivity contribution in [3.8, 4) is 0 Å². The van der Waals surface area contributed by atoms with Gasteiger partial charge in [0.05, 0.1) is 6.04 Å². The van der Waals surface area contributed by atoms with Crippen LogP contribution in [0.1, 0.15) is 46.5 Å². The first-order valence-electron chi connectivity index (χ1n) is 6.64. The fraction of sp³-hybridized carbons (Fsp3) is 0.923. The number of carbonyl (C=O) groups excluding carboxylic acids is 1. The molecule has 1 saturated carbocycles. The van der Waals surface area contributed by atoms with Crippen LogP contribution in [0, 0.1) is 5.92 Å². The van der Waals surface area contributed by atoms with E-state index in [0.29, 0.717) is 18.0 Å². The predicted octanol–water partition coefficient (Wildman–Crippen LogP) is 1.77. The van der Waals surface area contributed by atoms with Gasteiger partial charge in [0.15, 0.2) is 0 Å². The Kier molecular flexibility index (Phi) is 3.53. The van der Waals surface area contributed by atoms with Crippen LogP contribution in [0.4, 0.5) is 0 Å². The van der Waals surface area contributed by atoms with Crippen LogP contribution in [-0.2, 0) is 4.79 Å². The van der Waals surface area contributed by atoms with Crippen LogP contribution in [0.3, 0.4) is 0 Å². The summed E-state index contributed by atoms with van der Waals surface area (Å²) in [5.41, 5.74) is 0. The van der Waals surface area contributed by atoms with Crippen molar-refractivity contribution in [2.24, 2.45) is 5.92 Å². The van der Waals surface area contributed by atoms with Crippen LogP contribution in [0.5, 0.6) is 0 Å². The Bertz CT molecular complexity index is 261. The van der Waals surface area contributed by atoms with E-state index in [1.54, 1.807) is 0 Å². The quantitative estimate of drug-likeness (QED) is 0.772. The summed E-state index contributed by atoms with van der Waals surface area (Å²) >= 11 is 0. The van der Waals surface area contributed by atoms with Crippen molar-refractivity contribution in [1.29, 1.82) is 0 Å². The number of hydrogen-bond acceptors (Lipinski definition) is 2. The SMILES string of the molecule is CC(C)NC1CCN(C(C)CC2CC2)C1=O. The van der Waals surface area contributed by atoms with E-state index in [2.05, 4.69) is 31.0 Å². The maximum atomic E-state index is 12.1. The van der Waals surface area contributed by atoms with Crippen LogP contribution >= 0.6 is 0 Å². The molecule has 2 aliphatic rings. The van der Waals surface area contributed by atoms with Crippen molar-refractivity contribution < 1.29 is 4.79 Å². The molecule has 1 N–H and O–H groups in total. The fourth-order valence-corrected chi connectivity index (χ4v) is 2.66. The van der Waals surface area contributed by atoms with E-state index in [9.17, 15) is 4.79 Å². The lowest BCUT2D eigenvalue weighted by Gasteiger charge is -2.25. The van der Waals surface area contributed by atoms with E-state index in [-0.39, 0.29) is 6.04 Å². The van der Waals surface area contributed by atoms with E-state index in [4.69, 9.17) is 0 Å². The summed E-state index contributed by atoms with van der Waals surface area (Å²) in [6, 6.07) is 0.910. The lowest BCUT2D eigenvalue weighted by Crippen LogP contribution is -2.44. The second kappa shape index (κ2) is 4.74. The van der Waals surface area contributed by atoms with Crippen LogP contribution in [-0.4, -0.2) is 35.5 Å². The van der Waals surface area contributed by atoms with Crippen molar-refractivity contribution in [1.82, 2.24) is 10.2 Å². The molecule has 2 atom stereocenters. The Morgan fingerprint density at radius 3 is 2.56 bits per heavy atom. The number of rotatable bonds is 5. The molecular weight excluding hydrogens is 200 g/mol. The third-order valence-corrected chi connectivity index (χ3v) is 3.68. The zero-order valence-corrected chi connectivity index (χ0v) is 10.7. The summed E-state index contributed by atoms with van der Waals surface area (Å²) in [7, 11) is 0. The van der Waals surface area contributed by atoms with Crippen molar-refractivity contribution >= 4 is 5.91 Å². The fourth-order valence-electron chi connectivity index (χ4n) is 2.66. The highest BCUT2D eigenvalue weighted by molar-refractivity contribution is 5.84. The molecule has 0 radical (unpaired) electrons. The molecular formula is C13H24N2O. The highest BCUT2D eigenvalue weighted by Crippen LogP contribution is 2.35.